The molecule has 0 bridgehead atoms. The lowest BCUT2D eigenvalue weighted by Gasteiger charge is -2.13. The first-order valence-corrected chi connectivity index (χ1v) is 14.9. The Kier molecular flexibility index (Phi) is 5.74. The maximum atomic E-state index is 6.38. The van der Waals surface area contributed by atoms with Crippen LogP contribution in [0.2, 0.25) is 0 Å². The third-order valence-electron chi connectivity index (χ3n) is 8.41. The Morgan fingerprint density at radius 3 is 1.78 bits per heavy atom. The highest BCUT2D eigenvalue weighted by atomic mass is 16.3. The first kappa shape index (κ1) is 25.3. The molecule has 0 unspecified atom stereocenters. The molecule has 9 rings (SSSR count). The van der Waals surface area contributed by atoms with Crippen molar-refractivity contribution >= 4 is 43.5 Å². The number of pyridine rings is 1. The zero-order valence-corrected chi connectivity index (χ0v) is 24.1. The van der Waals surface area contributed by atoms with Gasteiger partial charge in [-0.3, -0.25) is 4.98 Å². The summed E-state index contributed by atoms with van der Waals surface area (Å²) < 4.78 is 6.38. The highest BCUT2D eigenvalue weighted by Crippen LogP contribution is 2.41. The normalized spacial score (nSPS) is 11.6. The molecule has 0 amide bonds. The van der Waals surface area contributed by atoms with Crippen LogP contribution in [0.5, 0.6) is 0 Å². The monoisotopic (exact) mass is 576 g/mol. The van der Waals surface area contributed by atoms with Crippen LogP contribution in [0.15, 0.2) is 150 Å². The average Bonchev–Trinajstić information content (AvgIpc) is 3.48. The van der Waals surface area contributed by atoms with E-state index in [1.54, 1.807) is 0 Å². The number of aromatic nitrogens is 4. The van der Waals surface area contributed by atoms with Gasteiger partial charge in [-0.1, -0.05) is 109 Å². The maximum Gasteiger partial charge on any atom is 0.164 e. The third-order valence-corrected chi connectivity index (χ3v) is 8.41. The number of furan rings is 1. The van der Waals surface area contributed by atoms with Gasteiger partial charge >= 0.3 is 0 Å². The molecule has 3 heterocycles. The van der Waals surface area contributed by atoms with Crippen LogP contribution in [0.25, 0.3) is 88.8 Å². The van der Waals surface area contributed by atoms with Gasteiger partial charge in [-0.15, -0.1) is 0 Å². The summed E-state index contributed by atoms with van der Waals surface area (Å²) >= 11 is 0. The van der Waals surface area contributed by atoms with Gasteiger partial charge in [0, 0.05) is 45.2 Å². The van der Waals surface area contributed by atoms with E-state index in [4.69, 9.17) is 19.4 Å². The van der Waals surface area contributed by atoms with Crippen molar-refractivity contribution in [2.24, 2.45) is 0 Å². The van der Waals surface area contributed by atoms with Crippen molar-refractivity contribution in [3.05, 3.63) is 146 Å². The molecule has 5 heteroatoms. The van der Waals surface area contributed by atoms with E-state index in [1.165, 1.54) is 0 Å². The summed E-state index contributed by atoms with van der Waals surface area (Å²) in [5.41, 5.74) is 6.80. The fourth-order valence-electron chi connectivity index (χ4n) is 6.30. The van der Waals surface area contributed by atoms with Gasteiger partial charge in [0.2, 0.25) is 0 Å². The van der Waals surface area contributed by atoms with Crippen LogP contribution >= 0.6 is 0 Å². The molecule has 0 radical (unpaired) electrons. The maximum absolute atomic E-state index is 6.38. The highest BCUT2D eigenvalue weighted by Gasteiger charge is 2.18. The number of hydrogen-bond donors (Lipinski definition) is 0. The van der Waals surface area contributed by atoms with Crippen LogP contribution in [0.1, 0.15) is 0 Å². The molecule has 0 fully saturated rings. The van der Waals surface area contributed by atoms with Gasteiger partial charge in [0.05, 0.1) is 0 Å². The molecule has 6 aromatic carbocycles. The second kappa shape index (κ2) is 10.2. The predicted octanol–water partition coefficient (Wildman–Crippen LogP) is 10.1. The fraction of sp³-hybridized carbons (Fsp3) is 0. The molecule has 210 valence electrons. The summed E-state index contributed by atoms with van der Waals surface area (Å²) in [6.45, 7) is 0. The molecule has 0 atom stereocenters. The minimum atomic E-state index is 0.637. The summed E-state index contributed by atoms with van der Waals surface area (Å²) in [5, 5.41) is 6.56. The quantitative estimate of drug-likeness (QED) is 0.209. The fourth-order valence-corrected chi connectivity index (χ4v) is 6.30. The highest BCUT2D eigenvalue weighted by molar-refractivity contribution is 6.18. The van der Waals surface area contributed by atoms with Gasteiger partial charge in [-0.25, -0.2) is 15.0 Å². The Labute approximate surface area is 258 Å². The molecule has 0 N–H and O–H groups in total. The van der Waals surface area contributed by atoms with Gasteiger partial charge in [-0.05, 0) is 51.6 Å². The SMILES string of the molecule is c1ccc(-c2nc(-c3ccccc3)nc(-c3cccc4c(-c5cccc6oc7cc8cnccc8cc7c56)cccc34)n2)cc1. The van der Waals surface area contributed by atoms with Crippen LogP contribution in [0.4, 0.5) is 0 Å². The number of hydrogen-bond acceptors (Lipinski definition) is 5. The Morgan fingerprint density at radius 1 is 0.422 bits per heavy atom. The van der Waals surface area contributed by atoms with Gasteiger partial charge in [0.1, 0.15) is 11.2 Å². The number of fused-ring (bicyclic) bond motifs is 5. The number of benzene rings is 6. The molecule has 0 spiro atoms. The minimum absolute atomic E-state index is 0.637. The van der Waals surface area contributed by atoms with Crippen LogP contribution < -0.4 is 0 Å². The molecule has 0 saturated carbocycles. The first-order valence-electron chi connectivity index (χ1n) is 14.9. The molecule has 0 aliphatic carbocycles. The second-order valence-electron chi connectivity index (χ2n) is 11.1. The average molecular weight is 577 g/mol. The second-order valence-corrected chi connectivity index (χ2v) is 11.1. The van der Waals surface area contributed by atoms with E-state index in [0.29, 0.717) is 17.5 Å². The number of rotatable bonds is 4. The van der Waals surface area contributed by atoms with Gasteiger partial charge in [0.25, 0.3) is 0 Å². The minimum Gasteiger partial charge on any atom is -0.456 e. The standard InChI is InChI=1S/C40H24N4O/c1-3-10-25(11-4-1)38-42-39(26-12-5-2-6-13-26)44-40(43-38)33-18-8-14-29-30(15-7-16-31(29)33)32-17-9-19-35-37(32)34-22-27-20-21-41-24-28(27)23-36(34)45-35/h1-24H. The van der Waals surface area contributed by atoms with E-state index in [0.717, 1.165) is 71.3 Å². The zero-order chi connectivity index (χ0) is 29.7. The predicted molar refractivity (Wildman–Crippen MR) is 182 cm³/mol. The Morgan fingerprint density at radius 2 is 1.04 bits per heavy atom. The lowest BCUT2D eigenvalue weighted by molar-refractivity contribution is 0.669. The van der Waals surface area contributed by atoms with Crippen LogP contribution in [-0.2, 0) is 0 Å². The van der Waals surface area contributed by atoms with Crippen LogP contribution in [0.3, 0.4) is 0 Å². The Balaban J connectivity index is 1.28. The van der Waals surface area contributed by atoms with E-state index >= 15 is 0 Å². The van der Waals surface area contributed by atoms with Crippen molar-refractivity contribution < 1.29 is 4.42 Å². The summed E-state index contributed by atoms with van der Waals surface area (Å²) in [6.07, 6.45) is 3.71. The molecule has 3 aromatic heterocycles. The number of nitrogens with zero attached hydrogens (tertiary/aromatic N) is 4. The van der Waals surface area contributed by atoms with E-state index in [2.05, 4.69) is 65.6 Å². The summed E-state index contributed by atoms with van der Waals surface area (Å²) in [5.74, 6) is 1.92. The van der Waals surface area contributed by atoms with Crippen molar-refractivity contribution in [1.82, 2.24) is 19.9 Å². The van der Waals surface area contributed by atoms with Crippen molar-refractivity contribution in [2.45, 2.75) is 0 Å². The Hall–Kier alpha value is -6.20. The molecule has 45 heavy (non-hydrogen) atoms. The Bertz CT molecular complexity index is 2480. The largest absolute Gasteiger partial charge is 0.456 e. The molecule has 0 aliphatic rings. The summed E-state index contributed by atoms with van der Waals surface area (Å²) in [7, 11) is 0. The smallest absolute Gasteiger partial charge is 0.164 e. The van der Waals surface area contributed by atoms with Crippen LogP contribution in [0, 0.1) is 0 Å². The van der Waals surface area contributed by atoms with Crippen molar-refractivity contribution in [2.75, 3.05) is 0 Å². The van der Waals surface area contributed by atoms with E-state index in [-0.39, 0.29) is 0 Å². The third kappa shape index (κ3) is 4.25. The van der Waals surface area contributed by atoms with Crippen molar-refractivity contribution in [3.8, 4) is 45.3 Å². The molecular formula is C40H24N4O. The van der Waals surface area contributed by atoms with Crippen molar-refractivity contribution in [1.29, 1.82) is 0 Å². The van der Waals surface area contributed by atoms with E-state index in [1.807, 2.05) is 85.2 Å². The molecular weight excluding hydrogens is 552 g/mol. The van der Waals surface area contributed by atoms with Crippen LogP contribution in [-0.4, -0.2) is 19.9 Å². The molecule has 9 aromatic rings. The zero-order valence-electron chi connectivity index (χ0n) is 24.1. The van der Waals surface area contributed by atoms with Gasteiger partial charge in [0.15, 0.2) is 17.5 Å². The lowest BCUT2D eigenvalue weighted by Crippen LogP contribution is -2.00. The topological polar surface area (TPSA) is 64.7 Å². The molecule has 0 aliphatic heterocycles. The summed E-state index contributed by atoms with van der Waals surface area (Å²) in [4.78, 5) is 19.2. The van der Waals surface area contributed by atoms with E-state index in [9.17, 15) is 0 Å². The summed E-state index contributed by atoms with van der Waals surface area (Å²) in [6, 6.07) is 45.6. The van der Waals surface area contributed by atoms with E-state index < -0.39 is 0 Å². The molecule has 0 saturated heterocycles. The molecule has 5 nitrogen and oxygen atoms in total. The van der Waals surface area contributed by atoms with Gasteiger partial charge < -0.3 is 4.42 Å². The lowest BCUT2D eigenvalue weighted by atomic mass is 9.92. The van der Waals surface area contributed by atoms with Crippen molar-refractivity contribution in [3.63, 3.8) is 0 Å². The van der Waals surface area contributed by atoms with Gasteiger partial charge in [-0.2, -0.15) is 0 Å². The first-order chi connectivity index (χ1) is 22.3.